The van der Waals surface area contributed by atoms with Crippen LogP contribution in [-0.4, -0.2) is 33.7 Å². The number of hydrogen-bond acceptors (Lipinski definition) is 4. The van der Waals surface area contributed by atoms with Crippen LogP contribution in [0.25, 0.3) is 0 Å². The molecule has 0 saturated carbocycles. The average molecular weight is 346 g/mol. The van der Waals surface area contributed by atoms with E-state index >= 15 is 0 Å². The van der Waals surface area contributed by atoms with E-state index in [4.69, 9.17) is 4.52 Å². The van der Waals surface area contributed by atoms with Crippen LogP contribution in [0.3, 0.4) is 0 Å². The third-order valence-corrected chi connectivity index (χ3v) is 4.79. The molecule has 0 radical (unpaired) electrons. The first-order valence-corrected chi connectivity index (χ1v) is 8.72. The van der Waals surface area contributed by atoms with Crippen molar-refractivity contribution >= 4 is 5.91 Å². The van der Waals surface area contributed by atoms with E-state index in [1.54, 1.807) is 17.0 Å². The fraction of sp³-hybridized carbons (Fsp3) is 0.474. The first-order valence-electron chi connectivity index (χ1n) is 8.72. The zero-order valence-electron chi connectivity index (χ0n) is 14.5. The zero-order valence-corrected chi connectivity index (χ0v) is 14.5. The van der Waals surface area contributed by atoms with Gasteiger partial charge in [-0.25, -0.2) is 4.39 Å². The SMILES string of the molecule is CCc1noc(CC)c1CC(=O)N1C[C@H](O)C[C@H]1c1ccc(F)cc1. The van der Waals surface area contributed by atoms with Crippen LogP contribution < -0.4 is 0 Å². The predicted octanol–water partition coefficient (Wildman–Crippen LogP) is 2.82. The van der Waals surface area contributed by atoms with Crippen LogP contribution in [0.1, 0.15) is 48.9 Å². The molecule has 5 nitrogen and oxygen atoms in total. The number of benzene rings is 1. The van der Waals surface area contributed by atoms with Gasteiger partial charge < -0.3 is 14.5 Å². The van der Waals surface area contributed by atoms with Crippen molar-refractivity contribution in [1.82, 2.24) is 10.1 Å². The second-order valence-corrected chi connectivity index (χ2v) is 6.42. The van der Waals surface area contributed by atoms with Crippen molar-refractivity contribution in [3.63, 3.8) is 0 Å². The molecular weight excluding hydrogens is 323 g/mol. The Morgan fingerprint density at radius 2 is 2.04 bits per heavy atom. The summed E-state index contributed by atoms with van der Waals surface area (Å²) in [6.07, 6.45) is 1.48. The smallest absolute Gasteiger partial charge is 0.227 e. The van der Waals surface area contributed by atoms with E-state index in [9.17, 15) is 14.3 Å². The van der Waals surface area contributed by atoms with Crippen LogP contribution >= 0.6 is 0 Å². The van der Waals surface area contributed by atoms with Gasteiger partial charge in [-0.2, -0.15) is 0 Å². The largest absolute Gasteiger partial charge is 0.391 e. The molecule has 0 bridgehead atoms. The summed E-state index contributed by atoms with van der Waals surface area (Å²) >= 11 is 0. The molecule has 0 spiro atoms. The van der Waals surface area contributed by atoms with Crippen LogP contribution in [0, 0.1) is 5.82 Å². The number of aryl methyl sites for hydroxylation is 2. The van der Waals surface area contributed by atoms with Crippen molar-refractivity contribution in [3.05, 3.63) is 52.7 Å². The highest BCUT2D eigenvalue weighted by atomic mass is 19.1. The monoisotopic (exact) mass is 346 g/mol. The van der Waals surface area contributed by atoms with Crippen LogP contribution in [0.15, 0.2) is 28.8 Å². The highest BCUT2D eigenvalue weighted by Gasteiger charge is 2.35. The molecule has 1 fully saturated rings. The van der Waals surface area contributed by atoms with Gasteiger partial charge in [0.05, 0.1) is 24.3 Å². The van der Waals surface area contributed by atoms with Crippen LogP contribution in [0.5, 0.6) is 0 Å². The first kappa shape index (κ1) is 17.6. The maximum absolute atomic E-state index is 13.2. The van der Waals surface area contributed by atoms with E-state index in [-0.39, 0.29) is 30.7 Å². The Kier molecular flexibility index (Phi) is 5.18. The van der Waals surface area contributed by atoms with Crippen molar-refractivity contribution in [1.29, 1.82) is 0 Å². The maximum atomic E-state index is 13.2. The van der Waals surface area contributed by atoms with Gasteiger partial charge in [0.25, 0.3) is 0 Å². The summed E-state index contributed by atoms with van der Waals surface area (Å²) in [4.78, 5) is 14.6. The molecule has 2 heterocycles. The van der Waals surface area contributed by atoms with Gasteiger partial charge in [0.15, 0.2) is 0 Å². The van der Waals surface area contributed by atoms with Gasteiger partial charge in [-0.3, -0.25) is 4.79 Å². The van der Waals surface area contributed by atoms with Gasteiger partial charge in [0.2, 0.25) is 5.91 Å². The molecule has 1 aromatic heterocycles. The van der Waals surface area contributed by atoms with E-state index in [0.29, 0.717) is 19.3 Å². The average Bonchev–Trinajstić information content (AvgIpc) is 3.18. The van der Waals surface area contributed by atoms with Crippen LogP contribution in [-0.2, 0) is 24.1 Å². The number of aliphatic hydroxyl groups excluding tert-OH is 1. The molecule has 6 heteroatoms. The number of likely N-dealkylation sites (tertiary alicyclic amines) is 1. The fourth-order valence-corrected chi connectivity index (χ4v) is 3.48. The van der Waals surface area contributed by atoms with Gasteiger partial charge in [0.1, 0.15) is 11.6 Å². The summed E-state index contributed by atoms with van der Waals surface area (Å²) in [7, 11) is 0. The van der Waals surface area contributed by atoms with E-state index in [1.165, 1.54) is 12.1 Å². The second kappa shape index (κ2) is 7.35. The number of halogens is 1. The molecule has 1 aliphatic heterocycles. The minimum atomic E-state index is -0.572. The number of β-amino-alcohol motifs (C(OH)–C–C–N with tert-alkyl or cyclic N) is 1. The first-order chi connectivity index (χ1) is 12.0. The van der Waals surface area contributed by atoms with E-state index < -0.39 is 6.10 Å². The molecule has 1 amide bonds. The topological polar surface area (TPSA) is 66.6 Å². The summed E-state index contributed by atoms with van der Waals surface area (Å²) in [5.74, 6) is 0.353. The number of carbonyl (C=O) groups excluding carboxylic acids is 1. The Morgan fingerprint density at radius 1 is 1.32 bits per heavy atom. The number of carbonyl (C=O) groups is 1. The highest BCUT2D eigenvalue weighted by molar-refractivity contribution is 5.80. The fourth-order valence-electron chi connectivity index (χ4n) is 3.48. The zero-order chi connectivity index (χ0) is 18.0. The number of aromatic nitrogens is 1. The summed E-state index contributed by atoms with van der Waals surface area (Å²) in [6.45, 7) is 4.23. The molecule has 25 heavy (non-hydrogen) atoms. The maximum Gasteiger partial charge on any atom is 0.227 e. The molecule has 2 atom stereocenters. The normalized spacial score (nSPS) is 20.2. The summed E-state index contributed by atoms with van der Waals surface area (Å²) in [5.41, 5.74) is 2.50. The molecule has 1 saturated heterocycles. The van der Waals surface area contributed by atoms with Gasteiger partial charge in [0, 0.05) is 18.5 Å². The van der Waals surface area contributed by atoms with E-state index in [1.807, 2.05) is 13.8 Å². The second-order valence-electron chi connectivity index (χ2n) is 6.42. The molecule has 1 N–H and O–H groups in total. The lowest BCUT2D eigenvalue weighted by molar-refractivity contribution is -0.131. The quantitative estimate of drug-likeness (QED) is 0.904. The van der Waals surface area contributed by atoms with Crippen LogP contribution in [0.2, 0.25) is 0 Å². The Hall–Kier alpha value is -2.21. The van der Waals surface area contributed by atoms with Crippen LogP contribution in [0.4, 0.5) is 4.39 Å². The predicted molar refractivity (Wildman–Crippen MR) is 90.4 cm³/mol. The standard InChI is InChI=1S/C19H23FN2O3/c1-3-16-15(18(4-2)25-21-16)10-19(24)22-11-14(23)9-17(22)12-5-7-13(20)8-6-12/h5-8,14,17,23H,3-4,9-11H2,1-2H3/t14-,17+/m1/s1. The molecule has 1 aromatic carbocycles. The molecule has 0 unspecified atom stereocenters. The molecule has 134 valence electrons. The third-order valence-electron chi connectivity index (χ3n) is 4.79. The lowest BCUT2D eigenvalue weighted by Gasteiger charge is -2.25. The van der Waals surface area contributed by atoms with Gasteiger partial charge >= 0.3 is 0 Å². The molecule has 2 aromatic rings. The minimum Gasteiger partial charge on any atom is -0.391 e. The number of hydrogen-bond donors (Lipinski definition) is 1. The van der Waals surface area contributed by atoms with Crippen molar-refractivity contribution in [3.8, 4) is 0 Å². The Bertz CT molecular complexity index is 720. The van der Waals surface area contributed by atoms with Crippen molar-refractivity contribution in [2.45, 2.75) is 51.7 Å². The number of aliphatic hydroxyl groups is 1. The Morgan fingerprint density at radius 3 is 2.68 bits per heavy atom. The van der Waals surface area contributed by atoms with Gasteiger partial charge in [-0.15, -0.1) is 0 Å². The number of nitrogens with zero attached hydrogens (tertiary/aromatic N) is 2. The minimum absolute atomic E-state index is 0.0709. The summed E-state index contributed by atoms with van der Waals surface area (Å²) in [5, 5.41) is 14.1. The summed E-state index contributed by atoms with van der Waals surface area (Å²) < 4.78 is 18.5. The van der Waals surface area contributed by atoms with Crippen molar-refractivity contribution in [2.75, 3.05) is 6.54 Å². The van der Waals surface area contributed by atoms with Crippen molar-refractivity contribution < 1.29 is 18.8 Å². The van der Waals surface area contributed by atoms with Gasteiger partial charge in [-0.1, -0.05) is 31.1 Å². The van der Waals surface area contributed by atoms with E-state index in [2.05, 4.69) is 5.16 Å². The molecule has 0 aliphatic carbocycles. The molecule has 1 aliphatic rings. The Balaban J connectivity index is 1.82. The van der Waals surface area contributed by atoms with Crippen molar-refractivity contribution in [2.24, 2.45) is 0 Å². The lowest BCUT2D eigenvalue weighted by Crippen LogP contribution is -2.33. The molecule has 3 rings (SSSR count). The highest BCUT2D eigenvalue weighted by Crippen LogP contribution is 2.33. The summed E-state index contributed by atoms with van der Waals surface area (Å²) in [6, 6.07) is 5.87. The van der Waals surface area contributed by atoms with E-state index in [0.717, 1.165) is 22.6 Å². The third kappa shape index (κ3) is 3.58. The molecular formula is C19H23FN2O3. The van der Waals surface area contributed by atoms with Gasteiger partial charge in [-0.05, 0) is 30.5 Å². The number of amides is 1. The lowest BCUT2D eigenvalue weighted by atomic mass is 10.0. The number of rotatable bonds is 5. The Labute approximate surface area is 146 Å².